The molecule has 1 N–H and O–H groups in total. The van der Waals surface area contributed by atoms with Crippen molar-refractivity contribution >= 4 is 18.1 Å². The van der Waals surface area contributed by atoms with E-state index in [0.29, 0.717) is 47.2 Å². The summed E-state index contributed by atoms with van der Waals surface area (Å²) in [5.41, 5.74) is 3.91. The first-order valence-electron chi connectivity index (χ1n) is 10.8. The van der Waals surface area contributed by atoms with E-state index in [1.165, 1.54) is 13.3 Å². The van der Waals surface area contributed by atoms with Gasteiger partial charge < -0.3 is 18.9 Å². The van der Waals surface area contributed by atoms with E-state index in [9.17, 15) is 9.59 Å². The molecule has 0 aliphatic rings. The SMILES string of the molecule is C=CCOc1ccc(C(=O)N/N=C\c2ccc(OC(=O)c3ccc(OCC)cc3)c(OC)c2)cc1. The molecule has 35 heavy (non-hydrogen) atoms. The van der Waals surface area contributed by atoms with Gasteiger partial charge in [0, 0.05) is 5.56 Å². The van der Waals surface area contributed by atoms with Gasteiger partial charge >= 0.3 is 5.97 Å². The van der Waals surface area contributed by atoms with Crippen LogP contribution in [0.1, 0.15) is 33.2 Å². The van der Waals surface area contributed by atoms with E-state index in [4.69, 9.17) is 18.9 Å². The number of benzene rings is 3. The summed E-state index contributed by atoms with van der Waals surface area (Å²) in [5, 5.41) is 3.98. The van der Waals surface area contributed by atoms with E-state index in [-0.39, 0.29) is 11.7 Å². The summed E-state index contributed by atoms with van der Waals surface area (Å²) in [6, 6.07) is 18.3. The Bertz CT molecular complexity index is 1190. The third-order valence-electron chi connectivity index (χ3n) is 4.66. The molecule has 0 spiro atoms. The number of carbonyl (C=O) groups excluding carboxylic acids is 2. The fourth-order valence-electron chi connectivity index (χ4n) is 2.95. The highest BCUT2D eigenvalue weighted by Gasteiger charge is 2.13. The molecule has 0 unspecified atom stereocenters. The lowest BCUT2D eigenvalue weighted by atomic mass is 10.2. The average Bonchev–Trinajstić information content (AvgIpc) is 2.89. The molecule has 3 aromatic rings. The van der Waals surface area contributed by atoms with Gasteiger partial charge in [0.1, 0.15) is 18.1 Å². The Morgan fingerprint density at radius 2 is 1.57 bits per heavy atom. The molecule has 0 heterocycles. The quantitative estimate of drug-likeness (QED) is 0.143. The van der Waals surface area contributed by atoms with E-state index < -0.39 is 5.97 Å². The van der Waals surface area contributed by atoms with Crippen LogP contribution in [0, 0.1) is 0 Å². The largest absolute Gasteiger partial charge is 0.494 e. The highest BCUT2D eigenvalue weighted by Crippen LogP contribution is 2.28. The number of rotatable bonds is 11. The van der Waals surface area contributed by atoms with Crippen LogP contribution in [-0.4, -0.2) is 38.4 Å². The van der Waals surface area contributed by atoms with Gasteiger partial charge in [-0.15, -0.1) is 0 Å². The molecule has 3 rings (SSSR count). The van der Waals surface area contributed by atoms with Gasteiger partial charge in [-0.25, -0.2) is 10.2 Å². The molecule has 0 saturated carbocycles. The molecule has 0 aliphatic heterocycles. The first kappa shape index (κ1) is 25.0. The van der Waals surface area contributed by atoms with Crippen LogP contribution < -0.4 is 24.4 Å². The number of esters is 1. The van der Waals surface area contributed by atoms with Crippen molar-refractivity contribution in [3.63, 3.8) is 0 Å². The highest BCUT2D eigenvalue weighted by atomic mass is 16.6. The van der Waals surface area contributed by atoms with Crippen molar-refractivity contribution in [3.8, 4) is 23.0 Å². The molecule has 0 bridgehead atoms. The summed E-state index contributed by atoms with van der Waals surface area (Å²) in [6.45, 7) is 6.40. The fraction of sp³-hybridized carbons (Fsp3) is 0.148. The lowest BCUT2D eigenvalue weighted by molar-refractivity contribution is 0.0729. The predicted molar refractivity (Wildman–Crippen MR) is 133 cm³/mol. The topological polar surface area (TPSA) is 95.5 Å². The Labute approximate surface area is 203 Å². The first-order valence-corrected chi connectivity index (χ1v) is 10.8. The second-order valence-electron chi connectivity index (χ2n) is 7.08. The van der Waals surface area contributed by atoms with Crippen LogP contribution in [0.2, 0.25) is 0 Å². The summed E-state index contributed by atoms with van der Waals surface area (Å²) in [5.74, 6) is 1.01. The van der Waals surface area contributed by atoms with Crippen LogP contribution >= 0.6 is 0 Å². The average molecular weight is 475 g/mol. The monoisotopic (exact) mass is 474 g/mol. The summed E-state index contributed by atoms with van der Waals surface area (Å²) in [4.78, 5) is 24.8. The van der Waals surface area contributed by atoms with Gasteiger partial charge in [-0.2, -0.15) is 5.10 Å². The Morgan fingerprint density at radius 1 is 0.914 bits per heavy atom. The number of hydrogen-bond donors (Lipinski definition) is 1. The van der Waals surface area contributed by atoms with Crippen molar-refractivity contribution < 1.29 is 28.5 Å². The second kappa shape index (κ2) is 12.6. The molecule has 8 heteroatoms. The van der Waals surface area contributed by atoms with Gasteiger partial charge in [0.15, 0.2) is 11.5 Å². The van der Waals surface area contributed by atoms with Gasteiger partial charge in [0.2, 0.25) is 0 Å². The smallest absolute Gasteiger partial charge is 0.343 e. The predicted octanol–water partition coefficient (Wildman–Crippen LogP) is 4.64. The van der Waals surface area contributed by atoms with Gasteiger partial charge in [0.05, 0.1) is 25.5 Å². The zero-order valence-electron chi connectivity index (χ0n) is 19.5. The van der Waals surface area contributed by atoms with Crippen molar-refractivity contribution in [1.82, 2.24) is 5.43 Å². The Hall–Kier alpha value is -4.59. The normalized spacial score (nSPS) is 10.5. The zero-order valence-corrected chi connectivity index (χ0v) is 19.5. The van der Waals surface area contributed by atoms with Crippen molar-refractivity contribution in [2.24, 2.45) is 5.10 Å². The summed E-state index contributed by atoms with van der Waals surface area (Å²) in [6.07, 6.45) is 3.10. The maximum Gasteiger partial charge on any atom is 0.343 e. The molecule has 1 amide bonds. The lowest BCUT2D eigenvalue weighted by Crippen LogP contribution is -2.17. The molecule has 8 nitrogen and oxygen atoms in total. The van der Waals surface area contributed by atoms with Gasteiger partial charge in [-0.05, 0) is 79.2 Å². The zero-order chi connectivity index (χ0) is 25.0. The molecule has 0 fully saturated rings. The molecule has 3 aromatic carbocycles. The van der Waals surface area contributed by atoms with Crippen LogP contribution in [0.3, 0.4) is 0 Å². The van der Waals surface area contributed by atoms with E-state index in [0.717, 1.165) is 0 Å². The van der Waals surface area contributed by atoms with E-state index in [1.807, 2.05) is 6.92 Å². The van der Waals surface area contributed by atoms with Crippen molar-refractivity contribution in [1.29, 1.82) is 0 Å². The van der Waals surface area contributed by atoms with E-state index in [2.05, 4.69) is 17.1 Å². The minimum Gasteiger partial charge on any atom is -0.494 e. The number of methoxy groups -OCH3 is 1. The van der Waals surface area contributed by atoms with Gasteiger partial charge in [0.25, 0.3) is 5.91 Å². The fourth-order valence-corrected chi connectivity index (χ4v) is 2.95. The lowest BCUT2D eigenvalue weighted by Gasteiger charge is -2.10. The Kier molecular flexibility index (Phi) is 9.01. The summed E-state index contributed by atoms with van der Waals surface area (Å²) in [7, 11) is 1.47. The number of amides is 1. The molecule has 180 valence electrons. The summed E-state index contributed by atoms with van der Waals surface area (Å²) >= 11 is 0. The standard InChI is InChI=1S/C27H26N2O6/c1-4-16-34-23-11-7-20(8-12-23)26(30)29-28-18-19-6-15-24(25(17-19)32-3)35-27(31)21-9-13-22(14-10-21)33-5-2/h4,6-15,17-18H,1,5,16H2,2-3H3,(H,29,30)/b28-18-. The molecular formula is C27H26N2O6. The minimum atomic E-state index is -0.527. The molecular weight excluding hydrogens is 448 g/mol. The first-order chi connectivity index (χ1) is 17.0. The van der Waals surface area contributed by atoms with E-state index in [1.54, 1.807) is 72.8 Å². The van der Waals surface area contributed by atoms with Crippen molar-refractivity contribution in [2.45, 2.75) is 6.92 Å². The van der Waals surface area contributed by atoms with Crippen molar-refractivity contribution in [3.05, 3.63) is 96.1 Å². The van der Waals surface area contributed by atoms with Crippen LogP contribution in [0.5, 0.6) is 23.0 Å². The number of hydrazone groups is 1. The third kappa shape index (κ3) is 7.20. The Balaban J connectivity index is 1.60. The number of hydrogen-bond acceptors (Lipinski definition) is 7. The van der Waals surface area contributed by atoms with Crippen LogP contribution in [0.4, 0.5) is 0 Å². The number of nitrogens with zero attached hydrogens (tertiary/aromatic N) is 1. The molecule has 0 saturated heterocycles. The number of carbonyl (C=O) groups is 2. The van der Waals surface area contributed by atoms with Crippen molar-refractivity contribution in [2.75, 3.05) is 20.3 Å². The summed E-state index contributed by atoms with van der Waals surface area (Å²) < 4.78 is 21.6. The second-order valence-corrected chi connectivity index (χ2v) is 7.08. The van der Waals surface area contributed by atoms with E-state index >= 15 is 0 Å². The Morgan fingerprint density at radius 3 is 2.20 bits per heavy atom. The minimum absolute atomic E-state index is 0.256. The molecule has 0 atom stereocenters. The van der Waals surface area contributed by atoms with Gasteiger partial charge in [-0.3, -0.25) is 4.79 Å². The van der Waals surface area contributed by atoms with Crippen LogP contribution in [0.15, 0.2) is 84.5 Å². The van der Waals surface area contributed by atoms with Crippen LogP contribution in [-0.2, 0) is 0 Å². The number of ether oxygens (including phenoxy) is 4. The third-order valence-corrected chi connectivity index (χ3v) is 4.66. The molecule has 0 aliphatic carbocycles. The maximum atomic E-state index is 12.5. The van der Waals surface area contributed by atoms with Crippen LogP contribution in [0.25, 0.3) is 0 Å². The molecule has 0 aromatic heterocycles. The maximum absolute atomic E-state index is 12.5. The molecule has 0 radical (unpaired) electrons. The van der Waals surface area contributed by atoms with Gasteiger partial charge in [-0.1, -0.05) is 12.7 Å². The highest BCUT2D eigenvalue weighted by molar-refractivity contribution is 5.95. The number of nitrogens with one attached hydrogen (secondary N) is 1.